The van der Waals surface area contributed by atoms with E-state index in [-0.39, 0.29) is 65.0 Å². The van der Waals surface area contributed by atoms with E-state index >= 15 is 0 Å². The number of nitrogens with one attached hydrogen (secondary N) is 2. The van der Waals surface area contributed by atoms with Crippen LogP contribution in [-0.2, 0) is 20.5 Å². The fourth-order valence-electron chi connectivity index (χ4n) is 5.35. The van der Waals surface area contributed by atoms with Crippen LogP contribution in [0.5, 0.6) is 11.5 Å². The first-order valence-electron chi connectivity index (χ1n) is 14.3. The van der Waals surface area contributed by atoms with E-state index in [0.29, 0.717) is 57.1 Å². The highest BCUT2D eigenvalue weighted by molar-refractivity contribution is 6.05. The van der Waals surface area contributed by atoms with Crippen molar-refractivity contribution in [2.24, 2.45) is 5.92 Å². The summed E-state index contributed by atoms with van der Waals surface area (Å²) >= 11 is 0. The molecule has 1 fully saturated rings. The summed E-state index contributed by atoms with van der Waals surface area (Å²) in [4.78, 5) is 38.5. The molecule has 0 saturated heterocycles. The second-order valence-electron chi connectivity index (χ2n) is 10.6. The number of hydrogen-bond acceptors (Lipinski definition) is 6. The van der Waals surface area contributed by atoms with Crippen molar-refractivity contribution in [3.05, 3.63) is 64.4 Å². The Morgan fingerprint density at radius 2 is 1.59 bits per heavy atom. The molecule has 44 heavy (non-hydrogen) atoms. The first kappa shape index (κ1) is 32.7. The van der Waals surface area contributed by atoms with Gasteiger partial charge in [-0.1, -0.05) is 0 Å². The molecular formula is C31H33F5N2O6. The van der Waals surface area contributed by atoms with Crippen molar-refractivity contribution in [3.63, 3.8) is 0 Å². The fourth-order valence-corrected chi connectivity index (χ4v) is 5.35. The van der Waals surface area contributed by atoms with E-state index in [0.717, 1.165) is 12.1 Å². The number of esters is 1. The lowest BCUT2D eigenvalue weighted by Gasteiger charge is -2.28. The van der Waals surface area contributed by atoms with Crippen LogP contribution in [0.25, 0.3) is 0 Å². The van der Waals surface area contributed by atoms with Crippen LogP contribution in [0, 0.1) is 17.6 Å². The van der Waals surface area contributed by atoms with E-state index in [1.54, 1.807) is 6.92 Å². The monoisotopic (exact) mass is 624 g/mol. The van der Waals surface area contributed by atoms with E-state index in [1.807, 2.05) is 0 Å². The van der Waals surface area contributed by atoms with Gasteiger partial charge in [0.15, 0.2) is 11.6 Å². The minimum absolute atomic E-state index is 0.0599. The van der Waals surface area contributed by atoms with Gasteiger partial charge in [-0.15, -0.1) is 0 Å². The molecule has 238 valence electrons. The van der Waals surface area contributed by atoms with E-state index < -0.39 is 35.2 Å². The zero-order valence-corrected chi connectivity index (χ0v) is 24.2. The number of alkyl halides is 3. The lowest BCUT2D eigenvalue weighted by Crippen LogP contribution is -2.30. The molecule has 0 heterocycles. The van der Waals surface area contributed by atoms with Gasteiger partial charge in [-0.3, -0.25) is 14.4 Å². The smallest absolute Gasteiger partial charge is 0.419 e. The van der Waals surface area contributed by atoms with Crippen LogP contribution in [0.1, 0.15) is 74.2 Å². The first-order valence-corrected chi connectivity index (χ1v) is 14.3. The molecule has 13 heteroatoms. The van der Waals surface area contributed by atoms with Crippen molar-refractivity contribution in [1.29, 1.82) is 0 Å². The maximum absolute atomic E-state index is 14.9. The van der Waals surface area contributed by atoms with Crippen molar-refractivity contribution in [2.75, 3.05) is 19.0 Å². The Morgan fingerprint density at radius 1 is 0.886 bits per heavy atom. The Morgan fingerprint density at radius 3 is 2.25 bits per heavy atom. The molecule has 0 aliphatic heterocycles. The Balaban J connectivity index is 1.51. The minimum atomic E-state index is -4.95. The number of anilines is 1. The number of hydrogen-bond donors (Lipinski definition) is 2. The van der Waals surface area contributed by atoms with Gasteiger partial charge in [-0.2, -0.15) is 13.2 Å². The van der Waals surface area contributed by atoms with Crippen LogP contribution in [0.15, 0.2) is 41.6 Å². The first-order chi connectivity index (χ1) is 20.9. The lowest BCUT2D eigenvalue weighted by molar-refractivity contribution is -0.149. The van der Waals surface area contributed by atoms with Crippen molar-refractivity contribution in [2.45, 2.75) is 70.6 Å². The number of amides is 2. The van der Waals surface area contributed by atoms with Crippen molar-refractivity contribution in [1.82, 2.24) is 5.32 Å². The summed E-state index contributed by atoms with van der Waals surface area (Å²) in [5.41, 5.74) is -1.43. The average Bonchev–Trinajstić information content (AvgIpc) is 2.99. The van der Waals surface area contributed by atoms with Gasteiger partial charge in [0.05, 0.1) is 36.9 Å². The predicted octanol–water partition coefficient (Wildman–Crippen LogP) is 6.69. The standard InChI is InChI=1S/C31H33F5N2O6/c1-3-43-30(41)17-8-11-19(12-9-17)44-27-15-21(26(42-2)16-24(27)33)29(40)38-25-7-5-4-6-20(25)28(39)37-18-10-13-23(32)22(14-18)31(34,35)36/h10,13-17,19H,3-9,11-12H2,1-2H3,(H,37,39)(H,38,40)/t17-,19+. The zero-order valence-electron chi connectivity index (χ0n) is 24.2. The third-order valence-corrected chi connectivity index (χ3v) is 7.62. The zero-order chi connectivity index (χ0) is 32.0. The van der Waals surface area contributed by atoms with E-state index in [2.05, 4.69) is 10.6 Å². The second-order valence-corrected chi connectivity index (χ2v) is 10.6. The molecule has 2 aromatic carbocycles. The lowest BCUT2D eigenvalue weighted by atomic mass is 9.87. The Labute approximate surface area is 250 Å². The van der Waals surface area contributed by atoms with Gasteiger partial charge in [0.25, 0.3) is 11.8 Å². The molecule has 2 N–H and O–H groups in total. The van der Waals surface area contributed by atoms with Gasteiger partial charge >= 0.3 is 12.1 Å². The van der Waals surface area contributed by atoms with Crippen LogP contribution >= 0.6 is 0 Å². The summed E-state index contributed by atoms with van der Waals surface area (Å²) < 4.78 is 84.2. The molecule has 2 aliphatic carbocycles. The van der Waals surface area contributed by atoms with E-state index in [9.17, 15) is 36.3 Å². The molecule has 0 bridgehead atoms. The highest BCUT2D eigenvalue weighted by Crippen LogP contribution is 2.35. The van der Waals surface area contributed by atoms with Crippen LogP contribution in [0.3, 0.4) is 0 Å². The average molecular weight is 625 g/mol. The molecule has 0 atom stereocenters. The predicted molar refractivity (Wildman–Crippen MR) is 149 cm³/mol. The van der Waals surface area contributed by atoms with Gasteiger partial charge in [0.2, 0.25) is 0 Å². The molecule has 1 saturated carbocycles. The molecule has 0 radical (unpaired) electrons. The quantitative estimate of drug-likeness (QED) is 0.238. The molecule has 4 rings (SSSR count). The van der Waals surface area contributed by atoms with E-state index in [4.69, 9.17) is 14.2 Å². The van der Waals surface area contributed by atoms with Crippen molar-refractivity contribution in [3.8, 4) is 11.5 Å². The van der Waals surface area contributed by atoms with E-state index in [1.165, 1.54) is 13.2 Å². The van der Waals surface area contributed by atoms with Crippen LogP contribution in [-0.4, -0.2) is 37.6 Å². The van der Waals surface area contributed by atoms with Crippen LogP contribution < -0.4 is 20.1 Å². The second kappa shape index (κ2) is 14.1. The fraction of sp³-hybridized carbons (Fsp3) is 0.452. The number of carbonyl (C=O) groups is 3. The molecular weight excluding hydrogens is 591 g/mol. The van der Waals surface area contributed by atoms with Crippen molar-refractivity contribution < 1.29 is 50.5 Å². The maximum atomic E-state index is 14.9. The number of rotatable bonds is 9. The summed E-state index contributed by atoms with van der Waals surface area (Å²) in [5.74, 6) is -4.44. The van der Waals surface area contributed by atoms with Gasteiger partial charge in [0.1, 0.15) is 11.6 Å². The Kier molecular flexibility index (Phi) is 10.5. The minimum Gasteiger partial charge on any atom is -0.496 e. The molecule has 0 spiro atoms. The Bertz CT molecular complexity index is 1430. The summed E-state index contributed by atoms with van der Waals surface area (Å²) in [5, 5.41) is 5.04. The number of methoxy groups -OCH3 is 1. The third-order valence-electron chi connectivity index (χ3n) is 7.62. The van der Waals surface area contributed by atoms with Crippen LogP contribution in [0.4, 0.5) is 27.6 Å². The summed E-state index contributed by atoms with van der Waals surface area (Å²) in [6.45, 7) is 2.02. The normalized spacial score (nSPS) is 18.8. The molecule has 8 nitrogen and oxygen atoms in total. The summed E-state index contributed by atoms with van der Waals surface area (Å²) in [6.07, 6.45) is -1.58. The number of carbonyl (C=O) groups excluding carboxylic acids is 3. The molecule has 0 aromatic heterocycles. The third kappa shape index (κ3) is 7.86. The SMILES string of the molecule is CCOC(=O)[C@H]1CC[C@@H](Oc2cc(C(=O)NC3=C(C(=O)Nc4ccc(F)c(C(F)(F)F)c4)CCCC3)c(OC)cc2F)CC1. The number of ether oxygens (including phenoxy) is 3. The van der Waals surface area contributed by atoms with Gasteiger partial charge in [0, 0.05) is 23.0 Å². The number of benzene rings is 2. The Hall–Kier alpha value is -4.16. The molecule has 0 unspecified atom stereocenters. The summed E-state index contributed by atoms with van der Waals surface area (Å²) in [6, 6.07) is 4.36. The van der Waals surface area contributed by atoms with Gasteiger partial charge < -0.3 is 24.8 Å². The molecule has 2 aliphatic rings. The van der Waals surface area contributed by atoms with Crippen molar-refractivity contribution >= 4 is 23.5 Å². The van der Waals surface area contributed by atoms with Gasteiger partial charge in [-0.25, -0.2) is 8.78 Å². The topological polar surface area (TPSA) is 103 Å². The largest absolute Gasteiger partial charge is 0.496 e. The summed E-state index contributed by atoms with van der Waals surface area (Å²) in [7, 11) is 1.26. The molecule has 2 aromatic rings. The number of halogens is 5. The van der Waals surface area contributed by atoms with Gasteiger partial charge in [-0.05, 0) is 82.6 Å². The molecule has 2 amide bonds. The van der Waals surface area contributed by atoms with Crippen LogP contribution in [0.2, 0.25) is 0 Å². The highest BCUT2D eigenvalue weighted by atomic mass is 19.4. The highest BCUT2D eigenvalue weighted by Gasteiger charge is 2.35. The maximum Gasteiger partial charge on any atom is 0.419 e. The number of allylic oxidation sites excluding steroid dienone is 1.